The molecule has 2 atom stereocenters. The molecule has 0 fully saturated rings. The Morgan fingerprint density at radius 3 is 2.67 bits per heavy atom. The van der Waals surface area contributed by atoms with Crippen molar-refractivity contribution in [3.8, 4) is 11.5 Å². The van der Waals surface area contributed by atoms with E-state index in [0.29, 0.717) is 28.0 Å². The molecule has 0 spiro atoms. The number of halogens is 1. The molecule has 36 heavy (non-hydrogen) atoms. The molecule has 0 radical (unpaired) electrons. The maximum absolute atomic E-state index is 13.6. The molecular weight excluding hydrogens is 488 g/mol. The number of aromatic hydroxyl groups is 1. The van der Waals surface area contributed by atoms with Crippen LogP contribution in [0.2, 0.25) is 0 Å². The first kappa shape index (κ1) is 23.6. The zero-order valence-corrected chi connectivity index (χ0v) is 20.1. The number of alkyl halides is 1. The van der Waals surface area contributed by atoms with E-state index in [1.807, 2.05) is 12.1 Å². The predicted molar refractivity (Wildman–Crippen MR) is 135 cm³/mol. The van der Waals surface area contributed by atoms with E-state index in [1.165, 1.54) is 13.0 Å². The van der Waals surface area contributed by atoms with Crippen LogP contribution in [0.4, 0.5) is 5.69 Å². The van der Waals surface area contributed by atoms with Crippen molar-refractivity contribution in [2.75, 3.05) is 24.4 Å². The van der Waals surface area contributed by atoms with Crippen LogP contribution in [0.1, 0.15) is 39.4 Å². The molecule has 3 heterocycles. The van der Waals surface area contributed by atoms with Gasteiger partial charge >= 0.3 is 5.97 Å². The summed E-state index contributed by atoms with van der Waals surface area (Å²) in [6.45, 7) is 1.64. The number of H-pyrrole nitrogens is 2. The summed E-state index contributed by atoms with van der Waals surface area (Å²) in [5, 5.41) is 23.6. The molecular formula is C25H23ClN4O6. The highest BCUT2D eigenvalue weighted by molar-refractivity contribution is 6.19. The van der Waals surface area contributed by atoms with Crippen LogP contribution in [0.25, 0.3) is 21.8 Å². The molecule has 186 valence electrons. The lowest BCUT2D eigenvalue weighted by molar-refractivity contribution is -0.138. The van der Waals surface area contributed by atoms with E-state index in [0.717, 1.165) is 16.5 Å². The second kappa shape index (κ2) is 8.80. The van der Waals surface area contributed by atoms with Crippen LogP contribution in [0.5, 0.6) is 11.5 Å². The fourth-order valence-electron chi connectivity index (χ4n) is 4.62. The molecule has 0 saturated carbocycles. The zero-order chi connectivity index (χ0) is 25.7. The number of aromatic amines is 2. The molecule has 2 amide bonds. The summed E-state index contributed by atoms with van der Waals surface area (Å²) >= 11 is 6.29. The van der Waals surface area contributed by atoms with Gasteiger partial charge in [0.05, 0.1) is 18.3 Å². The van der Waals surface area contributed by atoms with Gasteiger partial charge in [-0.2, -0.15) is 0 Å². The van der Waals surface area contributed by atoms with Gasteiger partial charge < -0.3 is 35.1 Å². The summed E-state index contributed by atoms with van der Waals surface area (Å²) in [5.41, 5.74) is 2.77. The van der Waals surface area contributed by atoms with E-state index in [9.17, 15) is 19.5 Å². The number of carbonyl (C=O) groups is 3. The lowest BCUT2D eigenvalue weighted by atomic mass is 9.98. The van der Waals surface area contributed by atoms with Crippen LogP contribution in [0, 0.1) is 0 Å². The van der Waals surface area contributed by atoms with Crippen molar-refractivity contribution in [2.24, 2.45) is 0 Å². The number of anilines is 1. The Balaban J connectivity index is 1.55. The summed E-state index contributed by atoms with van der Waals surface area (Å²) in [6.07, 6.45) is 0. The number of rotatable bonds is 6. The summed E-state index contributed by atoms with van der Waals surface area (Å²) in [7, 11) is 1.57. The summed E-state index contributed by atoms with van der Waals surface area (Å²) in [5.74, 6) is -1.60. The first-order chi connectivity index (χ1) is 17.2. The molecule has 1 unspecified atom stereocenters. The minimum atomic E-state index is -1.17. The van der Waals surface area contributed by atoms with Crippen molar-refractivity contribution in [1.29, 1.82) is 0 Å². The maximum Gasteiger partial charge on any atom is 0.325 e. The first-order valence-corrected chi connectivity index (χ1v) is 11.7. The van der Waals surface area contributed by atoms with Gasteiger partial charge in [0.2, 0.25) is 0 Å². The van der Waals surface area contributed by atoms with Gasteiger partial charge in [-0.25, -0.2) is 0 Å². The molecule has 11 heteroatoms. The number of phenolic OH excluding ortho intramolecular Hbond substituents is 1. The summed E-state index contributed by atoms with van der Waals surface area (Å²) in [6, 6.07) is 9.13. The maximum atomic E-state index is 13.6. The summed E-state index contributed by atoms with van der Waals surface area (Å²) in [4.78, 5) is 44.8. The van der Waals surface area contributed by atoms with Crippen LogP contribution >= 0.6 is 11.6 Å². The lowest BCUT2D eigenvalue weighted by Gasteiger charge is -2.17. The van der Waals surface area contributed by atoms with Crippen molar-refractivity contribution in [2.45, 2.75) is 18.9 Å². The van der Waals surface area contributed by atoms with Gasteiger partial charge in [-0.1, -0.05) is 0 Å². The Labute approximate surface area is 209 Å². The number of amides is 2. The molecule has 2 aromatic carbocycles. The number of phenols is 1. The fourth-order valence-corrected chi connectivity index (χ4v) is 4.88. The van der Waals surface area contributed by atoms with Gasteiger partial charge in [-0.05, 0) is 42.8 Å². The highest BCUT2D eigenvalue weighted by Gasteiger charge is 2.36. The van der Waals surface area contributed by atoms with Gasteiger partial charge in [0.25, 0.3) is 11.8 Å². The first-order valence-electron chi connectivity index (χ1n) is 11.2. The number of carboxylic acids is 1. The predicted octanol–water partition coefficient (Wildman–Crippen LogP) is 3.55. The number of methoxy groups -OCH3 is 1. The number of benzene rings is 2. The Bertz CT molecular complexity index is 1540. The highest BCUT2D eigenvalue weighted by atomic mass is 35.5. The number of carbonyl (C=O) groups excluding carboxylic acids is 2. The zero-order valence-electron chi connectivity index (χ0n) is 19.4. The van der Waals surface area contributed by atoms with E-state index in [-0.39, 0.29) is 35.7 Å². The van der Waals surface area contributed by atoms with Gasteiger partial charge in [0, 0.05) is 40.7 Å². The van der Waals surface area contributed by atoms with Crippen LogP contribution < -0.4 is 15.0 Å². The van der Waals surface area contributed by atoms with Crippen molar-refractivity contribution in [1.82, 2.24) is 15.3 Å². The number of hydrogen-bond donors (Lipinski definition) is 5. The number of nitrogens with zero attached hydrogens (tertiary/aromatic N) is 1. The monoisotopic (exact) mass is 510 g/mol. The number of aromatic nitrogens is 2. The number of ether oxygens (including phenoxy) is 1. The SMILES string of the molecule is COc1ccc2[nH]c(C(=O)N3CC(CCl)c4c3cc(O)c3[nH]c(C(=O)N[C@@H](C)C(=O)O)cc43)cc2c1. The average Bonchev–Trinajstić information content (AvgIpc) is 3.57. The Morgan fingerprint density at radius 1 is 1.19 bits per heavy atom. The highest BCUT2D eigenvalue weighted by Crippen LogP contribution is 2.46. The Morgan fingerprint density at radius 2 is 1.97 bits per heavy atom. The number of fused-ring (bicyclic) bond motifs is 4. The molecule has 10 nitrogen and oxygen atoms in total. The minimum Gasteiger partial charge on any atom is -0.506 e. The topological polar surface area (TPSA) is 148 Å². The van der Waals surface area contributed by atoms with Crippen LogP contribution in [-0.4, -0.2) is 63.5 Å². The number of carboxylic acid groups (broad SMARTS) is 1. The summed E-state index contributed by atoms with van der Waals surface area (Å²) < 4.78 is 5.26. The van der Waals surface area contributed by atoms with Crippen LogP contribution in [0.3, 0.4) is 0 Å². The van der Waals surface area contributed by atoms with Gasteiger partial charge in [0.1, 0.15) is 28.9 Å². The van der Waals surface area contributed by atoms with E-state index < -0.39 is 17.9 Å². The molecule has 5 rings (SSSR count). The normalized spacial score (nSPS) is 15.8. The third-order valence-electron chi connectivity index (χ3n) is 6.47. The molecule has 0 bridgehead atoms. The van der Waals surface area contributed by atoms with E-state index >= 15 is 0 Å². The van der Waals surface area contributed by atoms with Crippen molar-refractivity contribution < 1.29 is 29.3 Å². The van der Waals surface area contributed by atoms with Crippen LogP contribution in [0.15, 0.2) is 36.4 Å². The third-order valence-corrected chi connectivity index (χ3v) is 6.84. The molecule has 0 aliphatic carbocycles. The average molecular weight is 511 g/mol. The number of aliphatic carboxylic acids is 1. The fraction of sp³-hybridized carbons (Fsp3) is 0.240. The second-order valence-electron chi connectivity index (χ2n) is 8.74. The molecule has 1 aliphatic heterocycles. The van der Waals surface area contributed by atoms with E-state index in [4.69, 9.17) is 21.4 Å². The van der Waals surface area contributed by atoms with Gasteiger partial charge in [0.15, 0.2) is 0 Å². The number of nitrogens with one attached hydrogen (secondary N) is 3. The quantitative estimate of drug-likeness (QED) is 0.250. The van der Waals surface area contributed by atoms with Crippen molar-refractivity contribution in [3.05, 3.63) is 53.3 Å². The number of hydrogen-bond acceptors (Lipinski definition) is 5. The molecule has 4 aromatic rings. The molecule has 2 aromatic heterocycles. The van der Waals surface area contributed by atoms with E-state index in [1.54, 1.807) is 30.2 Å². The largest absolute Gasteiger partial charge is 0.506 e. The molecule has 5 N–H and O–H groups in total. The Kier molecular flexibility index (Phi) is 5.76. The lowest BCUT2D eigenvalue weighted by Crippen LogP contribution is -2.38. The molecule has 1 aliphatic rings. The smallest absolute Gasteiger partial charge is 0.325 e. The minimum absolute atomic E-state index is 0.0875. The third kappa shape index (κ3) is 3.79. The van der Waals surface area contributed by atoms with Gasteiger partial charge in [-0.3, -0.25) is 14.4 Å². The van der Waals surface area contributed by atoms with Gasteiger partial charge in [-0.15, -0.1) is 11.6 Å². The second-order valence-corrected chi connectivity index (χ2v) is 9.05. The Hall–Kier alpha value is -4.18. The van der Waals surface area contributed by atoms with Crippen LogP contribution in [-0.2, 0) is 4.79 Å². The standard InChI is InChI=1S/C25H23ClN4O6/c1-11(25(34)35)27-23(32)17-7-15-21-13(9-26)10-30(19(21)8-20(31)22(15)29-17)24(33)18-6-12-5-14(36-2)3-4-16(12)28-18/h3-8,11,13,28-29,31H,9-10H2,1-2H3,(H,27,32)(H,34,35)/t11-,13?/m0/s1. The van der Waals surface area contributed by atoms with E-state index in [2.05, 4.69) is 15.3 Å². The molecule has 0 saturated heterocycles. The van der Waals surface area contributed by atoms with Crippen molar-refractivity contribution in [3.63, 3.8) is 0 Å². The van der Waals surface area contributed by atoms with Crippen molar-refractivity contribution >= 4 is 56.9 Å².